The number of carbonyl (C=O) groups is 1. The molecule has 3 aromatic rings. The van der Waals surface area contributed by atoms with Crippen molar-refractivity contribution in [3.05, 3.63) is 64.1 Å². The van der Waals surface area contributed by atoms with Crippen LogP contribution in [0.4, 0.5) is 0 Å². The van der Waals surface area contributed by atoms with Crippen molar-refractivity contribution < 1.29 is 9.53 Å². The lowest BCUT2D eigenvalue weighted by Crippen LogP contribution is -2.32. The molecule has 1 aromatic heterocycles. The molecular formula is C22H21BrN2O2. The summed E-state index contributed by atoms with van der Waals surface area (Å²) in [5.41, 5.74) is 4.32. The number of nitrogens with one attached hydrogen (secondary N) is 1. The van der Waals surface area contributed by atoms with Gasteiger partial charge in [-0.1, -0.05) is 46.3 Å². The summed E-state index contributed by atoms with van der Waals surface area (Å²) in [5, 5.41) is 3.90. The zero-order valence-electron chi connectivity index (χ0n) is 15.2. The number of aryl methyl sites for hydroxylation is 1. The van der Waals surface area contributed by atoms with Gasteiger partial charge in [-0.2, -0.15) is 0 Å². The number of pyridine rings is 1. The maximum atomic E-state index is 13.0. The third-order valence-corrected chi connectivity index (χ3v) is 5.36. The van der Waals surface area contributed by atoms with Crippen LogP contribution >= 0.6 is 15.9 Å². The lowest BCUT2D eigenvalue weighted by Gasteiger charge is -2.14. The molecule has 1 amide bonds. The molecule has 5 heteroatoms. The molecule has 1 aliphatic rings. The van der Waals surface area contributed by atoms with Crippen LogP contribution in [0, 0.1) is 6.92 Å². The van der Waals surface area contributed by atoms with Gasteiger partial charge in [-0.3, -0.25) is 4.79 Å². The highest BCUT2D eigenvalue weighted by atomic mass is 79.9. The van der Waals surface area contributed by atoms with Gasteiger partial charge in [0.05, 0.1) is 22.9 Å². The van der Waals surface area contributed by atoms with E-state index in [2.05, 4.69) is 21.2 Å². The lowest BCUT2D eigenvalue weighted by atomic mass is 10.0. The minimum atomic E-state index is -0.0902. The second-order valence-electron chi connectivity index (χ2n) is 6.88. The van der Waals surface area contributed by atoms with E-state index in [0.29, 0.717) is 12.1 Å². The summed E-state index contributed by atoms with van der Waals surface area (Å²) in [7, 11) is 0. The molecule has 1 fully saturated rings. The van der Waals surface area contributed by atoms with Crippen molar-refractivity contribution in [2.45, 2.75) is 25.9 Å². The van der Waals surface area contributed by atoms with Gasteiger partial charge in [-0.25, -0.2) is 4.98 Å². The highest BCUT2D eigenvalue weighted by Gasteiger charge is 2.19. The molecule has 1 saturated heterocycles. The Balaban J connectivity index is 1.77. The average molecular weight is 425 g/mol. The Hall–Kier alpha value is -2.24. The number of nitrogens with zero attached hydrogens (tertiary/aromatic N) is 1. The lowest BCUT2D eigenvalue weighted by molar-refractivity contribution is 0.0859. The Bertz CT molecular complexity index is 983. The largest absolute Gasteiger partial charge is 0.376 e. The second-order valence-corrected chi connectivity index (χ2v) is 7.80. The first-order valence-electron chi connectivity index (χ1n) is 9.18. The van der Waals surface area contributed by atoms with Crippen molar-refractivity contribution in [1.29, 1.82) is 0 Å². The summed E-state index contributed by atoms with van der Waals surface area (Å²) < 4.78 is 6.56. The van der Waals surface area contributed by atoms with Gasteiger partial charge in [0.1, 0.15) is 0 Å². The van der Waals surface area contributed by atoms with Crippen molar-refractivity contribution >= 4 is 32.7 Å². The number of carbonyl (C=O) groups excluding carboxylic acids is 1. The van der Waals surface area contributed by atoms with Crippen molar-refractivity contribution in [2.24, 2.45) is 0 Å². The van der Waals surface area contributed by atoms with Gasteiger partial charge >= 0.3 is 0 Å². The van der Waals surface area contributed by atoms with E-state index in [-0.39, 0.29) is 12.0 Å². The van der Waals surface area contributed by atoms with Gasteiger partial charge in [0.25, 0.3) is 5.91 Å². The van der Waals surface area contributed by atoms with Crippen molar-refractivity contribution in [3.63, 3.8) is 0 Å². The summed E-state index contributed by atoms with van der Waals surface area (Å²) in [6, 6.07) is 15.8. The predicted molar refractivity (Wildman–Crippen MR) is 111 cm³/mol. The van der Waals surface area contributed by atoms with Crippen molar-refractivity contribution in [2.75, 3.05) is 13.2 Å². The number of hydrogen-bond donors (Lipinski definition) is 1. The SMILES string of the molecule is Cc1cc(Br)cc2c(C(=O)NC[C@H]3CCCO3)cc(-c3ccccc3)nc12. The fraction of sp³-hybridized carbons (Fsp3) is 0.273. The summed E-state index contributed by atoms with van der Waals surface area (Å²) in [5.74, 6) is -0.0902. The molecule has 1 atom stereocenters. The van der Waals surface area contributed by atoms with Crippen LogP contribution in [-0.4, -0.2) is 30.1 Å². The molecule has 0 aliphatic carbocycles. The van der Waals surface area contributed by atoms with Crippen LogP contribution in [0.2, 0.25) is 0 Å². The Morgan fingerprint density at radius 2 is 2.07 bits per heavy atom. The molecular weight excluding hydrogens is 404 g/mol. The van der Waals surface area contributed by atoms with E-state index in [1.807, 2.05) is 55.5 Å². The average Bonchev–Trinajstić information content (AvgIpc) is 3.20. The number of rotatable bonds is 4. The molecule has 0 unspecified atom stereocenters. The molecule has 1 aliphatic heterocycles. The molecule has 0 spiro atoms. The molecule has 0 bridgehead atoms. The fourth-order valence-corrected chi connectivity index (χ4v) is 4.08. The summed E-state index contributed by atoms with van der Waals surface area (Å²) >= 11 is 3.54. The minimum absolute atomic E-state index is 0.0902. The molecule has 4 rings (SSSR count). The molecule has 1 N–H and O–H groups in total. The van der Waals surface area contributed by atoms with Gasteiger partial charge in [0.2, 0.25) is 0 Å². The first-order valence-corrected chi connectivity index (χ1v) is 9.97. The summed E-state index contributed by atoms with van der Waals surface area (Å²) in [6.45, 7) is 3.34. The maximum absolute atomic E-state index is 13.0. The van der Waals surface area contributed by atoms with Gasteiger partial charge in [0, 0.05) is 28.6 Å². The van der Waals surface area contributed by atoms with Crippen LogP contribution in [0.1, 0.15) is 28.8 Å². The molecule has 0 saturated carbocycles. The molecule has 2 aromatic carbocycles. The smallest absolute Gasteiger partial charge is 0.252 e. The number of fused-ring (bicyclic) bond motifs is 1. The molecule has 138 valence electrons. The summed E-state index contributed by atoms with van der Waals surface area (Å²) in [6.07, 6.45) is 2.17. The number of hydrogen-bond acceptors (Lipinski definition) is 3. The first kappa shape index (κ1) is 18.1. The zero-order chi connectivity index (χ0) is 18.8. The quantitative estimate of drug-likeness (QED) is 0.648. The standard InChI is InChI=1S/C22H21BrN2O2/c1-14-10-16(23)11-18-19(22(26)24-13-17-8-5-9-27-17)12-20(25-21(14)18)15-6-3-2-4-7-15/h2-4,6-7,10-12,17H,5,8-9,13H2,1H3,(H,24,26)/t17-/m1/s1. The van der Waals surface area contributed by atoms with Gasteiger partial charge in [0.15, 0.2) is 0 Å². The second kappa shape index (κ2) is 7.79. The number of halogens is 1. The van der Waals surface area contributed by atoms with E-state index in [1.54, 1.807) is 0 Å². The third kappa shape index (κ3) is 3.89. The van der Waals surface area contributed by atoms with E-state index < -0.39 is 0 Å². The van der Waals surface area contributed by atoms with E-state index in [9.17, 15) is 4.79 Å². The topological polar surface area (TPSA) is 51.2 Å². The number of ether oxygens (including phenoxy) is 1. The number of aromatic nitrogens is 1. The summed E-state index contributed by atoms with van der Waals surface area (Å²) in [4.78, 5) is 17.9. The van der Waals surface area contributed by atoms with Crippen LogP contribution < -0.4 is 5.32 Å². The Labute approximate surface area is 167 Å². The van der Waals surface area contributed by atoms with Crippen LogP contribution in [0.5, 0.6) is 0 Å². The predicted octanol–water partition coefficient (Wildman–Crippen LogP) is 4.88. The monoisotopic (exact) mass is 424 g/mol. The van der Waals surface area contributed by atoms with E-state index in [0.717, 1.165) is 51.6 Å². The van der Waals surface area contributed by atoms with E-state index in [1.165, 1.54) is 0 Å². The van der Waals surface area contributed by atoms with Crippen LogP contribution in [0.25, 0.3) is 22.2 Å². The zero-order valence-corrected chi connectivity index (χ0v) is 16.8. The number of amides is 1. The van der Waals surface area contributed by atoms with Crippen LogP contribution in [0.15, 0.2) is 53.0 Å². The van der Waals surface area contributed by atoms with Gasteiger partial charge in [-0.15, -0.1) is 0 Å². The first-order chi connectivity index (χ1) is 13.1. The third-order valence-electron chi connectivity index (χ3n) is 4.90. The molecule has 0 radical (unpaired) electrons. The van der Waals surface area contributed by atoms with Crippen molar-refractivity contribution in [3.8, 4) is 11.3 Å². The Morgan fingerprint density at radius 1 is 1.26 bits per heavy atom. The Kier molecular flexibility index (Phi) is 5.23. The fourth-order valence-electron chi connectivity index (χ4n) is 3.51. The van der Waals surface area contributed by atoms with Gasteiger partial charge < -0.3 is 10.1 Å². The Morgan fingerprint density at radius 3 is 2.81 bits per heavy atom. The van der Waals surface area contributed by atoms with Crippen molar-refractivity contribution in [1.82, 2.24) is 10.3 Å². The van der Waals surface area contributed by atoms with Gasteiger partial charge in [-0.05, 0) is 43.5 Å². The maximum Gasteiger partial charge on any atom is 0.252 e. The van der Waals surface area contributed by atoms with E-state index in [4.69, 9.17) is 9.72 Å². The normalized spacial score (nSPS) is 16.6. The highest BCUT2D eigenvalue weighted by Crippen LogP contribution is 2.29. The number of benzene rings is 2. The molecule has 27 heavy (non-hydrogen) atoms. The van der Waals surface area contributed by atoms with Crippen LogP contribution in [0.3, 0.4) is 0 Å². The molecule has 4 nitrogen and oxygen atoms in total. The molecule has 2 heterocycles. The highest BCUT2D eigenvalue weighted by molar-refractivity contribution is 9.10. The van der Waals surface area contributed by atoms with E-state index >= 15 is 0 Å². The minimum Gasteiger partial charge on any atom is -0.376 e. The van der Waals surface area contributed by atoms with Crippen LogP contribution in [-0.2, 0) is 4.74 Å².